The lowest BCUT2D eigenvalue weighted by atomic mass is 10.1. The second-order valence-corrected chi connectivity index (χ2v) is 7.66. The van der Waals surface area contributed by atoms with Crippen LogP contribution < -0.4 is 14.8 Å². The Bertz CT molecular complexity index is 929. The molecule has 7 heteroatoms. The van der Waals surface area contributed by atoms with Gasteiger partial charge in [-0.2, -0.15) is 0 Å². The molecule has 0 fully saturated rings. The molecule has 0 radical (unpaired) electrons. The number of fused-ring (bicyclic) bond motifs is 1. The van der Waals surface area contributed by atoms with Crippen LogP contribution in [0.5, 0.6) is 11.5 Å². The van der Waals surface area contributed by atoms with E-state index in [9.17, 15) is 4.79 Å². The number of hydrogen-bond acceptors (Lipinski definition) is 6. The van der Waals surface area contributed by atoms with Gasteiger partial charge in [0.25, 0.3) is 5.91 Å². The van der Waals surface area contributed by atoms with Gasteiger partial charge in [-0.05, 0) is 29.8 Å². The van der Waals surface area contributed by atoms with E-state index in [1.807, 2.05) is 53.4 Å². The van der Waals surface area contributed by atoms with Crippen molar-refractivity contribution >= 4 is 29.0 Å². The molecule has 27 heavy (non-hydrogen) atoms. The smallest absolute Gasteiger partial charge is 0.252 e. The molecule has 1 aliphatic rings. The molecule has 138 valence electrons. The molecule has 0 bridgehead atoms. The van der Waals surface area contributed by atoms with Crippen LogP contribution in [0.3, 0.4) is 0 Å². The average Bonchev–Trinajstić information content (AvgIpc) is 3.24. The molecule has 2 heterocycles. The minimum absolute atomic E-state index is 0.0914. The van der Waals surface area contributed by atoms with Crippen molar-refractivity contribution in [1.29, 1.82) is 0 Å². The van der Waals surface area contributed by atoms with E-state index in [0.717, 1.165) is 33.4 Å². The third-order valence-electron chi connectivity index (χ3n) is 4.05. The number of amides is 1. The first kappa shape index (κ1) is 17.9. The fourth-order valence-electron chi connectivity index (χ4n) is 2.72. The zero-order valence-corrected chi connectivity index (χ0v) is 16.1. The van der Waals surface area contributed by atoms with Gasteiger partial charge in [-0.15, -0.1) is 23.1 Å². The molecule has 0 aliphatic carbocycles. The van der Waals surface area contributed by atoms with E-state index in [2.05, 4.69) is 10.3 Å². The van der Waals surface area contributed by atoms with Crippen molar-refractivity contribution in [1.82, 2.24) is 10.3 Å². The SMILES string of the molecule is O=C(NCc1ccc2c(c1)OCCO2)c1ccccc1SCc1cscn1. The Kier molecular flexibility index (Phi) is 5.60. The predicted molar refractivity (Wildman–Crippen MR) is 107 cm³/mol. The summed E-state index contributed by atoms with van der Waals surface area (Å²) in [6.45, 7) is 1.55. The van der Waals surface area contributed by atoms with Crippen LogP contribution in [-0.4, -0.2) is 24.1 Å². The minimum atomic E-state index is -0.0914. The lowest BCUT2D eigenvalue weighted by molar-refractivity contribution is 0.0948. The molecule has 1 aromatic heterocycles. The summed E-state index contributed by atoms with van der Waals surface area (Å²) in [5.74, 6) is 2.13. The molecule has 1 aliphatic heterocycles. The molecule has 0 unspecified atom stereocenters. The van der Waals surface area contributed by atoms with E-state index < -0.39 is 0 Å². The van der Waals surface area contributed by atoms with Gasteiger partial charge in [0, 0.05) is 22.6 Å². The summed E-state index contributed by atoms with van der Waals surface area (Å²) < 4.78 is 11.1. The lowest BCUT2D eigenvalue weighted by Gasteiger charge is -2.19. The number of hydrogen-bond donors (Lipinski definition) is 1. The van der Waals surface area contributed by atoms with Crippen LogP contribution >= 0.6 is 23.1 Å². The van der Waals surface area contributed by atoms with Crippen molar-refractivity contribution in [3.8, 4) is 11.5 Å². The molecule has 0 spiro atoms. The van der Waals surface area contributed by atoms with Gasteiger partial charge in [-0.25, -0.2) is 4.98 Å². The number of rotatable bonds is 6. The Labute approximate surface area is 165 Å². The van der Waals surface area contributed by atoms with E-state index in [4.69, 9.17) is 9.47 Å². The molecule has 5 nitrogen and oxygen atoms in total. The van der Waals surface area contributed by atoms with Crippen LogP contribution in [0.1, 0.15) is 21.6 Å². The Balaban J connectivity index is 1.41. The van der Waals surface area contributed by atoms with Gasteiger partial charge in [0.1, 0.15) is 13.2 Å². The molecule has 0 saturated heterocycles. The zero-order chi connectivity index (χ0) is 18.5. The number of thiazole rings is 1. The zero-order valence-electron chi connectivity index (χ0n) is 14.5. The van der Waals surface area contributed by atoms with Crippen LogP contribution in [0.4, 0.5) is 0 Å². The largest absolute Gasteiger partial charge is 0.486 e. The van der Waals surface area contributed by atoms with Gasteiger partial charge >= 0.3 is 0 Å². The van der Waals surface area contributed by atoms with Crippen LogP contribution in [0.2, 0.25) is 0 Å². The number of carbonyl (C=O) groups excluding carboxylic acids is 1. The molecular formula is C20H18N2O3S2. The van der Waals surface area contributed by atoms with Gasteiger partial charge in [-0.3, -0.25) is 4.79 Å². The van der Waals surface area contributed by atoms with Crippen LogP contribution in [0.25, 0.3) is 0 Å². The highest BCUT2D eigenvalue weighted by molar-refractivity contribution is 7.98. The normalized spacial score (nSPS) is 12.6. The maximum Gasteiger partial charge on any atom is 0.252 e. The van der Waals surface area contributed by atoms with Crippen molar-refractivity contribution in [2.24, 2.45) is 0 Å². The first-order chi connectivity index (χ1) is 13.3. The maximum atomic E-state index is 12.7. The Hall–Kier alpha value is -2.51. The van der Waals surface area contributed by atoms with E-state index in [1.165, 1.54) is 0 Å². The van der Waals surface area contributed by atoms with Crippen molar-refractivity contribution in [3.63, 3.8) is 0 Å². The summed E-state index contributed by atoms with van der Waals surface area (Å²) in [5.41, 5.74) is 4.49. The molecule has 4 rings (SSSR count). The third-order valence-corrected chi connectivity index (χ3v) is 5.79. The van der Waals surface area contributed by atoms with E-state index in [-0.39, 0.29) is 5.91 Å². The molecule has 0 saturated carbocycles. The second kappa shape index (κ2) is 8.45. The monoisotopic (exact) mass is 398 g/mol. The number of carbonyl (C=O) groups is 1. The summed E-state index contributed by atoms with van der Waals surface area (Å²) in [7, 11) is 0. The van der Waals surface area contributed by atoms with E-state index >= 15 is 0 Å². The van der Waals surface area contributed by atoms with Gasteiger partial charge < -0.3 is 14.8 Å². The standard InChI is InChI=1S/C20H18N2O3S2/c23-20(21-10-14-5-6-17-18(9-14)25-8-7-24-17)16-3-1-2-4-19(16)27-12-15-11-26-13-22-15/h1-6,9,11,13H,7-8,10,12H2,(H,21,23). The summed E-state index contributed by atoms with van der Waals surface area (Å²) in [4.78, 5) is 17.9. The highest BCUT2D eigenvalue weighted by atomic mass is 32.2. The van der Waals surface area contributed by atoms with Crippen molar-refractivity contribution in [3.05, 3.63) is 70.2 Å². The number of thioether (sulfide) groups is 1. The quantitative estimate of drug-likeness (QED) is 0.633. The number of nitrogens with one attached hydrogen (secondary N) is 1. The van der Waals surface area contributed by atoms with Crippen LogP contribution in [0.15, 0.2) is 58.3 Å². The molecule has 0 atom stereocenters. The van der Waals surface area contributed by atoms with Crippen LogP contribution in [-0.2, 0) is 12.3 Å². The van der Waals surface area contributed by atoms with Gasteiger partial charge in [0.2, 0.25) is 0 Å². The number of ether oxygens (including phenoxy) is 2. The predicted octanol–water partition coefficient (Wildman–Crippen LogP) is 4.14. The van der Waals surface area contributed by atoms with Gasteiger partial charge in [-0.1, -0.05) is 18.2 Å². The van der Waals surface area contributed by atoms with Crippen LogP contribution in [0, 0.1) is 0 Å². The average molecular weight is 399 g/mol. The first-order valence-electron chi connectivity index (χ1n) is 8.55. The third kappa shape index (κ3) is 4.43. The number of benzene rings is 2. The molecule has 2 aromatic carbocycles. The Morgan fingerprint density at radius 2 is 2.00 bits per heavy atom. The second-order valence-electron chi connectivity index (χ2n) is 5.93. The number of nitrogens with zero attached hydrogens (tertiary/aromatic N) is 1. The van der Waals surface area contributed by atoms with E-state index in [0.29, 0.717) is 25.3 Å². The summed E-state index contributed by atoms with van der Waals surface area (Å²) in [6, 6.07) is 13.4. The molecule has 1 N–H and O–H groups in total. The maximum absolute atomic E-state index is 12.7. The van der Waals surface area contributed by atoms with Crippen molar-refractivity contribution in [2.75, 3.05) is 13.2 Å². The highest BCUT2D eigenvalue weighted by Gasteiger charge is 2.14. The van der Waals surface area contributed by atoms with Crippen molar-refractivity contribution in [2.45, 2.75) is 17.2 Å². The summed E-state index contributed by atoms with van der Waals surface area (Å²) in [5, 5.41) is 5.02. The summed E-state index contributed by atoms with van der Waals surface area (Å²) >= 11 is 3.20. The van der Waals surface area contributed by atoms with E-state index in [1.54, 1.807) is 23.1 Å². The fraction of sp³-hybridized carbons (Fsp3) is 0.200. The lowest BCUT2D eigenvalue weighted by Crippen LogP contribution is -2.23. The molecular weight excluding hydrogens is 380 g/mol. The summed E-state index contributed by atoms with van der Waals surface area (Å²) in [6.07, 6.45) is 0. The Morgan fingerprint density at radius 3 is 2.85 bits per heavy atom. The molecule has 3 aromatic rings. The minimum Gasteiger partial charge on any atom is -0.486 e. The number of aromatic nitrogens is 1. The Morgan fingerprint density at radius 1 is 1.15 bits per heavy atom. The van der Waals surface area contributed by atoms with Gasteiger partial charge in [0.05, 0.1) is 16.8 Å². The fourth-order valence-corrected chi connectivity index (χ4v) is 4.33. The highest BCUT2D eigenvalue weighted by Crippen LogP contribution is 2.31. The first-order valence-corrected chi connectivity index (χ1v) is 10.5. The van der Waals surface area contributed by atoms with Gasteiger partial charge in [0.15, 0.2) is 11.5 Å². The topological polar surface area (TPSA) is 60.5 Å². The van der Waals surface area contributed by atoms with Crippen molar-refractivity contribution < 1.29 is 14.3 Å². The molecule has 1 amide bonds.